The molecule has 0 radical (unpaired) electrons. The lowest BCUT2D eigenvalue weighted by Crippen LogP contribution is -2.29. The van der Waals surface area contributed by atoms with Crippen LogP contribution in [0.15, 0.2) is 24.5 Å². The van der Waals surface area contributed by atoms with E-state index in [-0.39, 0.29) is 12.2 Å². The first-order chi connectivity index (χ1) is 9.00. The summed E-state index contributed by atoms with van der Waals surface area (Å²) in [7, 11) is 3.29. The van der Waals surface area contributed by atoms with Crippen molar-refractivity contribution in [3.05, 3.63) is 35.9 Å². The topological polar surface area (TPSA) is 56.0 Å². The summed E-state index contributed by atoms with van der Waals surface area (Å²) in [5.74, 6) is -0.515. The number of nitrogens with zero attached hydrogens (tertiary/aromatic N) is 5. The maximum absolute atomic E-state index is 12.6. The zero-order chi connectivity index (χ0) is 14.0. The van der Waals surface area contributed by atoms with Crippen LogP contribution in [0.2, 0.25) is 0 Å². The SMILES string of the molecule is CN(Cc1ccnn1C)C(=O)c1ccnn1C(F)F. The summed E-state index contributed by atoms with van der Waals surface area (Å²) in [6, 6.07) is 3.03. The molecule has 2 aromatic heterocycles. The number of alkyl halides is 2. The molecule has 0 bridgehead atoms. The molecular formula is C11H13F2N5O. The quantitative estimate of drug-likeness (QED) is 0.840. The van der Waals surface area contributed by atoms with Crippen LogP contribution in [0.5, 0.6) is 0 Å². The number of aryl methyl sites for hydroxylation is 1. The molecule has 0 spiro atoms. The second-order valence-corrected chi connectivity index (χ2v) is 4.05. The minimum absolute atomic E-state index is 0.139. The van der Waals surface area contributed by atoms with Gasteiger partial charge in [0.15, 0.2) is 0 Å². The normalized spacial score (nSPS) is 11.0. The monoisotopic (exact) mass is 269 g/mol. The van der Waals surface area contributed by atoms with Gasteiger partial charge in [-0.2, -0.15) is 23.7 Å². The molecule has 1 amide bonds. The molecule has 2 heterocycles. The van der Waals surface area contributed by atoms with E-state index in [1.165, 1.54) is 24.2 Å². The first-order valence-corrected chi connectivity index (χ1v) is 5.54. The smallest absolute Gasteiger partial charge is 0.333 e. The molecule has 0 saturated heterocycles. The predicted molar refractivity (Wildman–Crippen MR) is 62.5 cm³/mol. The number of hydrogen-bond donors (Lipinski definition) is 0. The molecule has 2 aromatic rings. The van der Waals surface area contributed by atoms with Crippen molar-refractivity contribution in [2.75, 3.05) is 7.05 Å². The average Bonchev–Trinajstić information content (AvgIpc) is 2.98. The largest absolute Gasteiger partial charge is 0.334 e. The van der Waals surface area contributed by atoms with Crippen molar-refractivity contribution in [3.8, 4) is 0 Å². The highest BCUT2D eigenvalue weighted by atomic mass is 19.3. The van der Waals surface area contributed by atoms with Crippen molar-refractivity contribution < 1.29 is 13.6 Å². The van der Waals surface area contributed by atoms with Crippen molar-refractivity contribution >= 4 is 5.91 Å². The van der Waals surface area contributed by atoms with Crippen molar-refractivity contribution in [3.63, 3.8) is 0 Å². The van der Waals surface area contributed by atoms with Gasteiger partial charge in [-0.3, -0.25) is 9.48 Å². The number of carbonyl (C=O) groups is 1. The predicted octanol–water partition coefficient (Wildman–Crippen LogP) is 1.28. The van der Waals surface area contributed by atoms with Crippen LogP contribution < -0.4 is 0 Å². The summed E-state index contributed by atoms with van der Waals surface area (Å²) < 4.78 is 27.3. The molecule has 2 rings (SSSR count). The molecule has 0 aliphatic heterocycles. The fourth-order valence-corrected chi connectivity index (χ4v) is 1.71. The summed E-state index contributed by atoms with van der Waals surface area (Å²) >= 11 is 0. The van der Waals surface area contributed by atoms with E-state index in [0.29, 0.717) is 4.68 Å². The molecule has 0 atom stereocenters. The van der Waals surface area contributed by atoms with Gasteiger partial charge >= 0.3 is 6.55 Å². The summed E-state index contributed by atoms with van der Waals surface area (Å²) in [6.07, 6.45) is 2.79. The average molecular weight is 269 g/mol. The van der Waals surface area contributed by atoms with E-state index in [1.807, 2.05) is 0 Å². The maximum Gasteiger partial charge on any atom is 0.333 e. The molecule has 0 N–H and O–H groups in total. The van der Waals surface area contributed by atoms with Gasteiger partial charge < -0.3 is 4.90 Å². The van der Waals surface area contributed by atoms with Gasteiger partial charge in [0.1, 0.15) is 5.69 Å². The van der Waals surface area contributed by atoms with Crippen molar-refractivity contribution in [2.24, 2.45) is 7.05 Å². The highest BCUT2D eigenvalue weighted by Gasteiger charge is 2.21. The third-order valence-corrected chi connectivity index (χ3v) is 2.74. The first kappa shape index (κ1) is 13.2. The highest BCUT2D eigenvalue weighted by molar-refractivity contribution is 5.92. The Balaban J connectivity index is 2.15. The Morgan fingerprint density at radius 3 is 2.63 bits per heavy atom. The summed E-state index contributed by atoms with van der Waals surface area (Å²) in [4.78, 5) is 13.4. The van der Waals surface area contributed by atoms with Crippen LogP contribution in [0.4, 0.5) is 8.78 Å². The van der Waals surface area contributed by atoms with Gasteiger partial charge in [-0.1, -0.05) is 0 Å². The van der Waals surface area contributed by atoms with E-state index in [4.69, 9.17) is 0 Å². The minimum atomic E-state index is -2.83. The molecule has 0 fully saturated rings. The molecule has 0 unspecified atom stereocenters. The molecule has 19 heavy (non-hydrogen) atoms. The van der Waals surface area contributed by atoms with Crippen LogP contribution in [0.1, 0.15) is 22.7 Å². The Labute approximate surface area is 108 Å². The van der Waals surface area contributed by atoms with E-state index in [1.54, 1.807) is 24.0 Å². The molecule has 6 nitrogen and oxygen atoms in total. The summed E-state index contributed by atoms with van der Waals surface area (Å²) in [5.41, 5.74) is 0.665. The summed E-state index contributed by atoms with van der Waals surface area (Å²) in [6.45, 7) is -2.55. The standard InChI is InChI=1S/C11H13F2N5O/c1-16(7-8-3-5-14-17(8)2)10(19)9-4-6-15-18(9)11(12)13/h3-6,11H,7H2,1-2H3. The lowest BCUT2D eigenvalue weighted by Gasteiger charge is -2.17. The molecular weight excluding hydrogens is 256 g/mol. The van der Waals surface area contributed by atoms with Crippen LogP contribution in [-0.2, 0) is 13.6 Å². The van der Waals surface area contributed by atoms with Gasteiger partial charge in [0.2, 0.25) is 0 Å². The fourth-order valence-electron chi connectivity index (χ4n) is 1.71. The van der Waals surface area contributed by atoms with E-state index in [0.717, 1.165) is 5.69 Å². The molecule has 0 saturated carbocycles. The number of amides is 1. The minimum Gasteiger partial charge on any atom is -0.334 e. The van der Waals surface area contributed by atoms with Gasteiger partial charge in [0, 0.05) is 26.5 Å². The number of carbonyl (C=O) groups excluding carboxylic acids is 1. The van der Waals surface area contributed by atoms with Crippen LogP contribution in [0.3, 0.4) is 0 Å². The maximum atomic E-state index is 12.6. The number of aromatic nitrogens is 4. The Morgan fingerprint density at radius 1 is 1.37 bits per heavy atom. The molecule has 102 valence electrons. The zero-order valence-electron chi connectivity index (χ0n) is 10.5. The Bertz CT molecular complexity index is 577. The van der Waals surface area contributed by atoms with Crippen LogP contribution in [0.25, 0.3) is 0 Å². The molecule has 0 aromatic carbocycles. The Hall–Kier alpha value is -2.25. The van der Waals surface area contributed by atoms with E-state index in [9.17, 15) is 13.6 Å². The molecule has 0 aliphatic carbocycles. The van der Waals surface area contributed by atoms with Crippen molar-refractivity contribution in [1.82, 2.24) is 24.5 Å². The lowest BCUT2D eigenvalue weighted by atomic mass is 10.3. The third kappa shape index (κ3) is 2.61. The van der Waals surface area contributed by atoms with Gasteiger partial charge in [0.25, 0.3) is 5.91 Å². The number of hydrogen-bond acceptors (Lipinski definition) is 3. The van der Waals surface area contributed by atoms with E-state index < -0.39 is 12.5 Å². The first-order valence-electron chi connectivity index (χ1n) is 5.54. The van der Waals surface area contributed by atoms with E-state index in [2.05, 4.69) is 10.2 Å². The van der Waals surface area contributed by atoms with Crippen molar-refractivity contribution in [2.45, 2.75) is 13.1 Å². The Morgan fingerprint density at radius 2 is 2.05 bits per heavy atom. The van der Waals surface area contributed by atoms with E-state index >= 15 is 0 Å². The second-order valence-electron chi connectivity index (χ2n) is 4.05. The fraction of sp³-hybridized carbons (Fsp3) is 0.364. The van der Waals surface area contributed by atoms with Gasteiger partial charge in [-0.25, -0.2) is 0 Å². The second kappa shape index (κ2) is 5.17. The number of halogens is 2. The zero-order valence-corrected chi connectivity index (χ0v) is 10.5. The summed E-state index contributed by atoms with van der Waals surface area (Å²) in [5, 5.41) is 7.41. The van der Waals surface area contributed by atoms with Crippen LogP contribution >= 0.6 is 0 Å². The third-order valence-electron chi connectivity index (χ3n) is 2.74. The highest BCUT2D eigenvalue weighted by Crippen LogP contribution is 2.14. The Kier molecular flexibility index (Phi) is 3.59. The van der Waals surface area contributed by atoms with Crippen LogP contribution in [0, 0.1) is 0 Å². The molecule has 8 heteroatoms. The van der Waals surface area contributed by atoms with Gasteiger partial charge in [0.05, 0.1) is 12.2 Å². The lowest BCUT2D eigenvalue weighted by molar-refractivity contribution is 0.0472. The van der Waals surface area contributed by atoms with Crippen molar-refractivity contribution in [1.29, 1.82) is 0 Å². The van der Waals surface area contributed by atoms with Gasteiger partial charge in [-0.15, -0.1) is 0 Å². The van der Waals surface area contributed by atoms with Crippen LogP contribution in [-0.4, -0.2) is 37.4 Å². The van der Waals surface area contributed by atoms with Gasteiger partial charge in [-0.05, 0) is 12.1 Å². The molecule has 0 aliphatic rings. The number of rotatable bonds is 4.